The second kappa shape index (κ2) is 57.2. The van der Waals surface area contributed by atoms with Crippen molar-refractivity contribution in [3.63, 3.8) is 0 Å². The third kappa shape index (κ3) is 34.6. The smallest absolute Gasteiger partial charge is 2.00 e. The van der Waals surface area contributed by atoms with E-state index in [1.807, 2.05) is 0 Å². The van der Waals surface area contributed by atoms with Crippen molar-refractivity contribution >= 4 is 0 Å². The van der Waals surface area contributed by atoms with Crippen LogP contribution in [-0.4, -0.2) is 0 Å². The molecule has 0 aromatic rings. The quantitative estimate of drug-likeness (QED) is 0.582. The van der Waals surface area contributed by atoms with Crippen molar-refractivity contribution in [3.8, 4) is 0 Å². The summed E-state index contributed by atoms with van der Waals surface area (Å²) in [5, 5.41) is 0. The third-order valence-corrected chi connectivity index (χ3v) is 0. The minimum absolute atomic E-state index is 0. The molecule has 0 bridgehead atoms. The van der Waals surface area contributed by atoms with E-state index in [4.69, 9.17) is 0 Å². The monoisotopic (exact) mass is 346 g/mol. The van der Waals surface area contributed by atoms with Crippen LogP contribution in [0, 0.1) is 71.2 Å². The van der Waals surface area contributed by atoms with Crippen molar-refractivity contribution < 1.29 is 92.3 Å². The van der Waals surface area contributed by atoms with Gasteiger partial charge in [0.05, 0.1) is 0 Å². The van der Waals surface area contributed by atoms with Gasteiger partial charge >= 0.3 is 71.2 Å². The van der Waals surface area contributed by atoms with Crippen LogP contribution in [0.15, 0.2) is 0 Å². The molecule has 32 valence electrons. The van der Waals surface area contributed by atoms with Crippen molar-refractivity contribution in [1.29, 1.82) is 0 Å². The van der Waals surface area contributed by atoms with E-state index in [0.29, 0.717) is 0 Å². The second-order valence-electron chi connectivity index (χ2n) is 0. The summed E-state index contributed by atoms with van der Waals surface area (Å²) >= 11 is 0. The van der Waals surface area contributed by atoms with E-state index in [0.717, 1.165) is 0 Å². The summed E-state index contributed by atoms with van der Waals surface area (Å²) in [6.07, 6.45) is 0. The molecular formula is HFLa2O3. The number of hydrogen-bond donors (Lipinski definition) is 0. The van der Waals surface area contributed by atoms with Gasteiger partial charge < -0.3 is 16.4 Å². The molecule has 0 aromatic heterocycles. The fourth-order valence-corrected chi connectivity index (χ4v) is 0. The molecule has 0 saturated carbocycles. The summed E-state index contributed by atoms with van der Waals surface area (Å²) in [5.41, 5.74) is 0. The van der Waals surface area contributed by atoms with Crippen LogP contribution in [0.25, 0.3) is 0 Å². The first-order valence-electron chi connectivity index (χ1n) is 0. The van der Waals surface area contributed by atoms with Crippen LogP contribution >= 0.6 is 0 Å². The predicted molar refractivity (Wildman–Crippen MR) is 4.56 cm³/mol. The Balaban J connectivity index is 0. The number of halogens is 1. The van der Waals surface area contributed by atoms with Gasteiger partial charge in [-0.05, 0) is 0 Å². The molecule has 0 aliphatic carbocycles. The van der Waals surface area contributed by atoms with Gasteiger partial charge in [0.2, 0.25) is 0 Å². The summed E-state index contributed by atoms with van der Waals surface area (Å²) in [7, 11) is 0. The maximum Gasteiger partial charge on any atom is 3.00 e. The van der Waals surface area contributed by atoms with E-state index in [9.17, 15) is 0 Å². The predicted octanol–water partition coefficient (Wildman–Crippen LogP) is -0.204. The van der Waals surface area contributed by atoms with Gasteiger partial charge in [0, 0.05) is 0 Å². The van der Waals surface area contributed by atoms with Crippen molar-refractivity contribution in [3.05, 3.63) is 0 Å². The molecule has 0 rings (SSSR count). The molecular weight excluding hydrogens is 345 g/mol. The maximum atomic E-state index is 0. The fraction of sp³-hybridized carbons (Fsp3) is 0. The van der Waals surface area contributed by atoms with E-state index < -0.39 is 0 Å². The van der Waals surface area contributed by atoms with Crippen molar-refractivity contribution in [1.82, 2.24) is 0 Å². The largest absolute Gasteiger partial charge is 3.00 e. The molecule has 6 heteroatoms. The van der Waals surface area contributed by atoms with Crippen LogP contribution in [-0.2, 0) is 16.4 Å². The van der Waals surface area contributed by atoms with Gasteiger partial charge in [-0.2, -0.15) is 0 Å². The molecule has 0 saturated heterocycles. The van der Waals surface area contributed by atoms with E-state index in [1.165, 1.54) is 0 Å². The van der Waals surface area contributed by atoms with Gasteiger partial charge in [-0.1, -0.05) is 0 Å². The molecule has 0 aliphatic heterocycles. The zero-order valence-corrected chi connectivity index (χ0v) is 10.0. The Labute approximate surface area is 90.7 Å². The minimum Gasteiger partial charge on any atom is -2.00 e. The third-order valence-electron chi connectivity index (χ3n) is 0. The SMILES string of the molecule is F.[La+3].[La+3].[O-2].[O-2].[O-2]. The molecule has 0 N–H and O–H groups in total. The van der Waals surface area contributed by atoms with Crippen LogP contribution in [0.5, 0.6) is 0 Å². The van der Waals surface area contributed by atoms with Gasteiger partial charge in [-0.15, -0.1) is 0 Å². The van der Waals surface area contributed by atoms with E-state index in [2.05, 4.69) is 0 Å². The Kier molecular flexibility index (Phi) is 837. The average Bonchev–Trinajstić information content (AvgIpc) is 0. The van der Waals surface area contributed by atoms with E-state index >= 15 is 0 Å². The summed E-state index contributed by atoms with van der Waals surface area (Å²) in [5.74, 6) is 0. The van der Waals surface area contributed by atoms with Gasteiger partial charge in [-0.25, -0.2) is 0 Å². The van der Waals surface area contributed by atoms with Gasteiger partial charge in [0.15, 0.2) is 0 Å². The summed E-state index contributed by atoms with van der Waals surface area (Å²) < 4.78 is 0. The molecule has 0 atom stereocenters. The van der Waals surface area contributed by atoms with Crippen LogP contribution in [0.2, 0.25) is 0 Å². The molecule has 0 aromatic carbocycles. The maximum absolute atomic E-state index is 0. The van der Waals surface area contributed by atoms with Crippen molar-refractivity contribution in [2.24, 2.45) is 0 Å². The molecule has 0 amide bonds. The van der Waals surface area contributed by atoms with Gasteiger partial charge in [0.25, 0.3) is 0 Å². The summed E-state index contributed by atoms with van der Waals surface area (Å²) in [6, 6.07) is 0. The summed E-state index contributed by atoms with van der Waals surface area (Å²) in [4.78, 5) is 0. The van der Waals surface area contributed by atoms with Crippen molar-refractivity contribution in [2.75, 3.05) is 0 Å². The van der Waals surface area contributed by atoms with Gasteiger partial charge in [-0.3, -0.25) is 4.70 Å². The van der Waals surface area contributed by atoms with Crippen LogP contribution < -0.4 is 0 Å². The van der Waals surface area contributed by atoms with Crippen LogP contribution in [0.3, 0.4) is 0 Å². The molecule has 0 fully saturated rings. The first-order valence-corrected chi connectivity index (χ1v) is 0. The first-order chi connectivity index (χ1) is 0. The number of hydrogen-bond acceptors (Lipinski definition) is 0. The molecule has 0 spiro atoms. The Morgan fingerprint density at radius 3 is 0.500 bits per heavy atom. The zero-order chi connectivity index (χ0) is 0. The summed E-state index contributed by atoms with van der Waals surface area (Å²) in [6.45, 7) is 0. The zero-order valence-electron chi connectivity index (χ0n) is 2.79. The average molecular weight is 346 g/mol. The standard InChI is InChI=1S/FH.2La.3O/h1H;;;;;/q;2*+3;3*-2. The molecule has 3 nitrogen and oxygen atoms in total. The Morgan fingerprint density at radius 2 is 0.500 bits per heavy atom. The van der Waals surface area contributed by atoms with Crippen molar-refractivity contribution in [2.45, 2.75) is 0 Å². The minimum atomic E-state index is 0. The Hall–Kier alpha value is 2.20. The normalized spacial score (nSPS) is 0. The Bertz CT molecular complexity index is 8.75. The van der Waals surface area contributed by atoms with Gasteiger partial charge in [0.1, 0.15) is 0 Å². The number of rotatable bonds is 0. The van der Waals surface area contributed by atoms with E-state index in [-0.39, 0.29) is 92.3 Å². The Morgan fingerprint density at radius 1 is 0.500 bits per heavy atom. The van der Waals surface area contributed by atoms with E-state index in [1.54, 1.807) is 0 Å². The van der Waals surface area contributed by atoms with Crippen LogP contribution in [0.1, 0.15) is 0 Å². The fourth-order valence-electron chi connectivity index (χ4n) is 0. The molecule has 0 unspecified atom stereocenters. The van der Waals surface area contributed by atoms with Crippen LogP contribution in [0.4, 0.5) is 4.70 Å². The first kappa shape index (κ1) is 87.8. The molecule has 0 aliphatic rings. The second-order valence-corrected chi connectivity index (χ2v) is 0. The molecule has 0 radical (unpaired) electrons. The molecule has 0 heterocycles. The topological polar surface area (TPSA) is 85.5 Å². The molecule has 6 heavy (non-hydrogen) atoms.